The largest absolute Gasteiger partial charge is 0.373 e. The van der Waals surface area contributed by atoms with Gasteiger partial charge in [-0.3, -0.25) is 0 Å². The number of pyridine rings is 3. The molecule has 0 saturated carbocycles. The first-order valence-corrected chi connectivity index (χ1v) is 8.80. The van der Waals surface area contributed by atoms with Gasteiger partial charge in [-0.1, -0.05) is 12.0 Å². The number of imidazole rings is 1. The second-order valence-corrected chi connectivity index (χ2v) is 6.26. The molecule has 0 radical (unpaired) electrons. The Hall–Kier alpha value is -3.92. The molecule has 0 unspecified atom stereocenters. The van der Waals surface area contributed by atoms with E-state index >= 15 is 0 Å². The molecular weight excluding hydrogens is 350 g/mol. The van der Waals surface area contributed by atoms with Crippen molar-refractivity contribution in [2.75, 3.05) is 17.7 Å². The number of nitrogens with one attached hydrogen (secondary N) is 2. The summed E-state index contributed by atoms with van der Waals surface area (Å²) in [4.78, 5) is 17.7. The summed E-state index contributed by atoms with van der Waals surface area (Å²) in [5.41, 5.74) is 1.54. The van der Waals surface area contributed by atoms with E-state index in [1.807, 2.05) is 56.0 Å². The van der Waals surface area contributed by atoms with Gasteiger partial charge < -0.3 is 15.2 Å². The summed E-state index contributed by atoms with van der Waals surface area (Å²) in [5.74, 6) is 9.42. The number of hydrogen-bond acceptors (Lipinski definition) is 6. The lowest BCUT2D eigenvalue weighted by molar-refractivity contribution is 0.858. The SMILES string of the molecule is CNc1ncc(C#Cc2cn(C)c(C)n2)c2cc(Nc3ccccn3)ncc12. The average molecular weight is 369 g/mol. The zero-order chi connectivity index (χ0) is 19.5. The van der Waals surface area contributed by atoms with E-state index in [1.54, 1.807) is 18.6 Å². The first-order valence-electron chi connectivity index (χ1n) is 8.80. The molecule has 0 aromatic carbocycles. The average Bonchev–Trinajstić information content (AvgIpc) is 3.04. The van der Waals surface area contributed by atoms with Crippen LogP contribution in [0.4, 0.5) is 17.5 Å². The fourth-order valence-corrected chi connectivity index (χ4v) is 2.82. The highest BCUT2D eigenvalue weighted by molar-refractivity contribution is 5.96. The Morgan fingerprint density at radius 1 is 1.00 bits per heavy atom. The number of aryl methyl sites for hydroxylation is 2. The van der Waals surface area contributed by atoms with Crippen LogP contribution in [0.3, 0.4) is 0 Å². The Balaban J connectivity index is 1.78. The van der Waals surface area contributed by atoms with Crippen molar-refractivity contribution < 1.29 is 0 Å². The zero-order valence-electron chi connectivity index (χ0n) is 15.9. The molecule has 0 aliphatic rings. The number of aromatic nitrogens is 5. The van der Waals surface area contributed by atoms with Crippen molar-refractivity contribution in [1.29, 1.82) is 0 Å². The van der Waals surface area contributed by atoms with E-state index in [4.69, 9.17) is 0 Å². The lowest BCUT2D eigenvalue weighted by Crippen LogP contribution is -1.99. The van der Waals surface area contributed by atoms with Crippen LogP contribution in [-0.2, 0) is 7.05 Å². The third-order valence-electron chi connectivity index (χ3n) is 4.36. The van der Waals surface area contributed by atoms with Gasteiger partial charge >= 0.3 is 0 Å². The molecule has 7 heteroatoms. The van der Waals surface area contributed by atoms with Crippen molar-refractivity contribution in [3.63, 3.8) is 0 Å². The standard InChI is InChI=1S/C21H19N7/c1-14-26-16(13-28(14)3)8-7-15-11-25-21(22-2)18-12-24-20(10-17(15)18)27-19-6-4-5-9-23-19/h4-6,9-13H,1-3H3,(H,22,25)(H,23,24,27). The van der Waals surface area contributed by atoms with Crippen LogP contribution in [0, 0.1) is 18.8 Å². The molecule has 0 atom stereocenters. The molecule has 0 bridgehead atoms. The number of fused-ring (bicyclic) bond motifs is 1. The Labute approximate surface area is 162 Å². The monoisotopic (exact) mass is 369 g/mol. The molecule has 4 aromatic rings. The Kier molecular flexibility index (Phi) is 4.60. The predicted octanol–water partition coefficient (Wildman–Crippen LogP) is 3.25. The van der Waals surface area contributed by atoms with Gasteiger partial charge in [0.25, 0.3) is 0 Å². The van der Waals surface area contributed by atoms with Crippen LogP contribution in [0.15, 0.2) is 49.1 Å². The Morgan fingerprint density at radius 2 is 1.89 bits per heavy atom. The van der Waals surface area contributed by atoms with Crippen LogP contribution >= 0.6 is 0 Å². The molecule has 0 spiro atoms. The summed E-state index contributed by atoms with van der Waals surface area (Å²) < 4.78 is 1.95. The van der Waals surface area contributed by atoms with Gasteiger partial charge in [0.2, 0.25) is 0 Å². The smallest absolute Gasteiger partial charge is 0.135 e. The number of rotatable bonds is 3. The predicted molar refractivity (Wildman–Crippen MR) is 111 cm³/mol. The maximum Gasteiger partial charge on any atom is 0.135 e. The zero-order valence-corrected chi connectivity index (χ0v) is 15.9. The van der Waals surface area contributed by atoms with E-state index in [-0.39, 0.29) is 0 Å². The minimum absolute atomic E-state index is 0.691. The normalized spacial score (nSPS) is 10.4. The van der Waals surface area contributed by atoms with Gasteiger partial charge in [0.15, 0.2) is 0 Å². The van der Waals surface area contributed by atoms with Crippen molar-refractivity contribution in [3.8, 4) is 11.8 Å². The summed E-state index contributed by atoms with van der Waals surface area (Å²) in [6.45, 7) is 1.95. The Bertz CT molecular complexity index is 1180. The van der Waals surface area contributed by atoms with Crippen molar-refractivity contribution in [2.45, 2.75) is 6.92 Å². The number of hydrogen-bond donors (Lipinski definition) is 2. The van der Waals surface area contributed by atoms with Crippen molar-refractivity contribution in [2.24, 2.45) is 7.05 Å². The first kappa shape index (κ1) is 17.5. The van der Waals surface area contributed by atoms with E-state index < -0.39 is 0 Å². The highest BCUT2D eigenvalue weighted by Crippen LogP contribution is 2.26. The van der Waals surface area contributed by atoms with Gasteiger partial charge in [-0.2, -0.15) is 0 Å². The minimum Gasteiger partial charge on any atom is -0.373 e. The van der Waals surface area contributed by atoms with Crippen LogP contribution in [0.1, 0.15) is 17.1 Å². The quantitative estimate of drug-likeness (QED) is 0.540. The van der Waals surface area contributed by atoms with Crippen molar-refractivity contribution in [1.82, 2.24) is 24.5 Å². The molecule has 4 aromatic heterocycles. The van der Waals surface area contributed by atoms with Crippen LogP contribution in [0.25, 0.3) is 10.8 Å². The van der Waals surface area contributed by atoms with Gasteiger partial charge in [-0.05, 0) is 31.0 Å². The van der Waals surface area contributed by atoms with Crippen LogP contribution in [0.5, 0.6) is 0 Å². The van der Waals surface area contributed by atoms with Gasteiger partial charge in [-0.15, -0.1) is 0 Å². The molecule has 28 heavy (non-hydrogen) atoms. The van der Waals surface area contributed by atoms with Crippen molar-refractivity contribution in [3.05, 3.63) is 66.1 Å². The van der Waals surface area contributed by atoms with E-state index in [2.05, 4.69) is 42.4 Å². The molecule has 138 valence electrons. The second kappa shape index (κ2) is 7.37. The maximum absolute atomic E-state index is 4.49. The molecule has 0 aliphatic heterocycles. The van der Waals surface area contributed by atoms with Crippen LogP contribution in [-0.4, -0.2) is 31.6 Å². The maximum atomic E-state index is 4.49. The van der Waals surface area contributed by atoms with Gasteiger partial charge in [-0.25, -0.2) is 19.9 Å². The molecule has 0 aliphatic carbocycles. The van der Waals surface area contributed by atoms with Crippen LogP contribution < -0.4 is 10.6 Å². The molecule has 4 rings (SSSR count). The summed E-state index contributed by atoms with van der Waals surface area (Å²) in [6, 6.07) is 7.64. The lowest BCUT2D eigenvalue weighted by atomic mass is 10.1. The van der Waals surface area contributed by atoms with E-state index in [1.165, 1.54) is 0 Å². The molecule has 2 N–H and O–H groups in total. The molecular formula is C21H19N7. The highest BCUT2D eigenvalue weighted by atomic mass is 15.1. The molecule has 4 heterocycles. The minimum atomic E-state index is 0.691. The Morgan fingerprint density at radius 3 is 2.61 bits per heavy atom. The highest BCUT2D eigenvalue weighted by Gasteiger charge is 2.08. The van der Waals surface area contributed by atoms with Gasteiger partial charge in [0.1, 0.15) is 29.0 Å². The van der Waals surface area contributed by atoms with Crippen LogP contribution in [0.2, 0.25) is 0 Å². The summed E-state index contributed by atoms with van der Waals surface area (Å²) in [6.07, 6.45) is 7.20. The van der Waals surface area contributed by atoms with Gasteiger partial charge in [0, 0.05) is 49.7 Å². The molecule has 0 fully saturated rings. The fraction of sp³-hybridized carbons (Fsp3) is 0.143. The van der Waals surface area contributed by atoms with E-state index in [9.17, 15) is 0 Å². The second-order valence-electron chi connectivity index (χ2n) is 6.26. The topological polar surface area (TPSA) is 80.5 Å². The van der Waals surface area contributed by atoms with Gasteiger partial charge in [0.05, 0.1) is 5.56 Å². The summed E-state index contributed by atoms with van der Waals surface area (Å²) >= 11 is 0. The third kappa shape index (κ3) is 3.48. The van der Waals surface area contributed by atoms with Crippen molar-refractivity contribution >= 4 is 28.2 Å². The summed E-state index contributed by atoms with van der Waals surface area (Å²) in [7, 11) is 3.79. The van der Waals surface area contributed by atoms with E-state index in [0.717, 1.165) is 39.5 Å². The fourth-order valence-electron chi connectivity index (χ4n) is 2.82. The molecule has 0 amide bonds. The number of nitrogens with zero attached hydrogens (tertiary/aromatic N) is 5. The molecule has 0 saturated heterocycles. The molecule has 7 nitrogen and oxygen atoms in total. The van der Waals surface area contributed by atoms with E-state index in [0.29, 0.717) is 5.82 Å². The number of anilines is 3. The summed E-state index contributed by atoms with van der Waals surface area (Å²) in [5, 5.41) is 8.17. The lowest BCUT2D eigenvalue weighted by Gasteiger charge is -2.09. The first-order chi connectivity index (χ1) is 13.6. The third-order valence-corrected chi connectivity index (χ3v) is 4.36.